The van der Waals surface area contributed by atoms with Crippen LogP contribution in [0.4, 0.5) is 10.5 Å². The Hall–Kier alpha value is -3.06. The predicted molar refractivity (Wildman–Crippen MR) is 145 cm³/mol. The summed E-state index contributed by atoms with van der Waals surface area (Å²) in [5, 5.41) is 20.7. The van der Waals surface area contributed by atoms with Crippen LogP contribution >= 0.6 is 0 Å². The molecule has 3 amide bonds. The van der Waals surface area contributed by atoms with Gasteiger partial charge in [-0.2, -0.15) is 0 Å². The Kier molecular flexibility index (Phi) is 8.42. The van der Waals surface area contributed by atoms with Crippen molar-refractivity contribution in [3.63, 3.8) is 0 Å². The highest BCUT2D eigenvalue weighted by Gasteiger charge is 2.53. The second kappa shape index (κ2) is 11.5. The van der Waals surface area contributed by atoms with Crippen LogP contribution in [0.1, 0.15) is 52.0 Å². The third-order valence-electron chi connectivity index (χ3n) is 8.92. The fourth-order valence-electron chi connectivity index (χ4n) is 6.71. The standard InChI is InChI=1S/C30H41N3O4/c1-19(28(35)31-18-21-10-6-5-7-11-21)22-14-16-30(3)17-15-23(20(2)26(30)27(22)34)32-29(36)33-24-12-8-9-13-25(24)37-4/h5-13,19-20,22-23,26-27,34H,14-18H2,1-4H3,(H,31,35)(H2,32,33,36)/t19-,20+,22?,23-,26+,27-,30-/m0/s1. The first-order chi connectivity index (χ1) is 17.7. The fourth-order valence-corrected chi connectivity index (χ4v) is 6.71. The molecular formula is C30H41N3O4. The summed E-state index contributed by atoms with van der Waals surface area (Å²) in [4.78, 5) is 25.9. The molecule has 7 heteroatoms. The molecule has 0 radical (unpaired) electrons. The number of hydrogen-bond acceptors (Lipinski definition) is 4. The lowest BCUT2D eigenvalue weighted by Crippen LogP contribution is -2.58. The summed E-state index contributed by atoms with van der Waals surface area (Å²) in [6.07, 6.45) is 2.99. The lowest BCUT2D eigenvalue weighted by molar-refractivity contribution is -0.142. The van der Waals surface area contributed by atoms with E-state index in [2.05, 4.69) is 29.8 Å². The van der Waals surface area contributed by atoms with E-state index in [1.807, 2.05) is 49.4 Å². The summed E-state index contributed by atoms with van der Waals surface area (Å²) >= 11 is 0. The molecule has 1 unspecified atom stereocenters. The van der Waals surface area contributed by atoms with Crippen LogP contribution in [-0.2, 0) is 11.3 Å². The van der Waals surface area contributed by atoms with E-state index in [1.54, 1.807) is 19.2 Å². The summed E-state index contributed by atoms with van der Waals surface area (Å²) in [6.45, 7) is 6.80. The summed E-state index contributed by atoms with van der Waals surface area (Å²) in [5.41, 5.74) is 1.66. The Morgan fingerprint density at radius 1 is 1.08 bits per heavy atom. The second-order valence-electron chi connectivity index (χ2n) is 11.2. The van der Waals surface area contributed by atoms with E-state index in [4.69, 9.17) is 4.74 Å². The second-order valence-corrected chi connectivity index (χ2v) is 11.2. The highest BCUT2D eigenvalue weighted by molar-refractivity contribution is 5.91. The van der Waals surface area contributed by atoms with Crippen molar-refractivity contribution in [1.29, 1.82) is 0 Å². The topological polar surface area (TPSA) is 99.7 Å². The minimum Gasteiger partial charge on any atom is -0.495 e. The molecule has 7 atom stereocenters. The van der Waals surface area contributed by atoms with Crippen molar-refractivity contribution in [2.75, 3.05) is 12.4 Å². The third kappa shape index (κ3) is 5.93. The van der Waals surface area contributed by atoms with Gasteiger partial charge in [0.2, 0.25) is 5.91 Å². The lowest BCUT2D eigenvalue weighted by atomic mass is 9.52. The van der Waals surface area contributed by atoms with Gasteiger partial charge in [-0.25, -0.2) is 4.79 Å². The summed E-state index contributed by atoms with van der Waals surface area (Å²) in [7, 11) is 1.58. The summed E-state index contributed by atoms with van der Waals surface area (Å²) in [5.74, 6) is 0.244. The number of anilines is 1. The van der Waals surface area contributed by atoms with Crippen LogP contribution in [0, 0.1) is 29.1 Å². The van der Waals surface area contributed by atoms with E-state index >= 15 is 0 Å². The number of para-hydroxylation sites is 2. The van der Waals surface area contributed by atoms with Gasteiger partial charge in [-0.15, -0.1) is 0 Å². The van der Waals surface area contributed by atoms with Crippen LogP contribution in [0.3, 0.4) is 0 Å². The Bertz CT molecular complexity index is 1080. The van der Waals surface area contributed by atoms with Crippen molar-refractivity contribution in [1.82, 2.24) is 10.6 Å². The Labute approximate surface area is 220 Å². The molecule has 2 aromatic carbocycles. The maximum Gasteiger partial charge on any atom is 0.319 e. The minimum absolute atomic E-state index is 0.000865. The van der Waals surface area contributed by atoms with Crippen molar-refractivity contribution in [2.45, 2.75) is 65.1 Å². The quantitative estimate of drug-likeness (QED) is 0.426. The molecule has 0 heterocycles. The number of carbonyl (C=O) groups is 2. The molecule has 0 spiro atoms. The van der Waals surface area contributed by atoms with E-state index < -0.39 is 6.10 Å². The van der Waals surface area contributed by atoms with Gasteiger partial charge in [-0.1, -0.05) is 63.2 Å². The zero-order chi connectivity index (χ0) is 26.6. The van der Waals surface area contributed by atoms with Crippen molar-refractivity contribution >= 4 is 17.6 Å². The molecule has 2 saturated carbocycles. The number of ether oxygens (including phenoxy) is 1. The van der Waals surface area contributed by atoms with Gasteiger partial charge in [0.25, 0.3) is 0 Å². The molecule has 2 fully saturated rings. The average molecular weight is 508 g/mol. The average Bonchev–Trinajstić information content (AvgIpc) is 2.89. The normalized spacial score (nSPS) is 29.9. The van der Waals surface area contributed by atoms with Gasteiger partial charge in [0, 0.05) is 18.5 Å². The summed E-state index contributed by atoms with van der Waals surface area (Å²) < 4.78 is 5.34. The first-order valence-electron chi connectivity index (χ1n) is 13.4. The SMILES string of the molecule is COc1ccccc1NC(=O)N[C@H]1CC[C@]2(C)CCC([C@H](C)C(=O)NCc3ccccc3)[C@H](O)[C@H]2[C@@H]1C. The van der Waals surface area contributed by atoms with Crippen LogP contribution < -0.4 is 20.7 Å². The number of rotatable bonds is 7. The van der Waals surface area contributed by atoms with Crippen LogP contribution in [0.25, 0.3) is 0 Å². The van der Waals surface area contributed by atoms with E-state index in [1.165, 1.54) is 0 Å². The van der Waals surface area contributed by atoms with Gasteiger partial charge >= 0.3 is 6.03 Å². The van der Waals surface area contributed by atoms with Crippen molar-refractivity contribution < 1.29 is 19.4 Å². The molecule has 2 aliphatic rings. The molecular weight excluding hydrogens is 466 g/mol. The number of fused-ring (bicyclic) bond motifs is 1. The van der Waals surface area contributed by atoms with Crippen LogP contribution in [-0.4, -0.2) is 36.3 Å². The van der Waals surface area contributed by atoms with Gasteiger partial charge in [0.05, 0.1) is 18.9 Å². The van der Waals surface area contributed by atoms with E-state index in [0.717, 1.165) is 31.2 Å². The van der Waals surface area contributed by atoms with Crippen LogP contribution in [0.15, 0.2) is 54.6 Å². The number of aliphatic hydroxyl groups is 1. The van der Waals surface area contributed by atoms with Crippen LogP contribution in [0.2, 0.25) is 0 Å². The predicted octanol–water partition coefficient (Wildman–Crippen LogP) is 4.96. The molecule has 4 N–H and O–H groups in total. The molecule has 0 bridgehead atoms. The van der Waals surface area contributed by atoms with Crippen molar-refractivity contribution in [3.8, 4) is 5.75 Å². The zero-order valence-electron chi connectivity index (χ0n) is 22.4. The Morgan fingerprint density at radius 3 is 2.49 bits per heavy atom. The van der Waals surface area contributed by atoms with E-state index in [9.17, 15) is 14.7 Å². The fraction of sp³-hybridized carbons (Fsp3) is 0.533. The molecule has 200 valence electrons. The Balaban J connectivity index is 1.40. The first kappa shape index (κ1) is 27.0. The van der Waals surface area contributed by atoms with Gasteiger partial charge in [-0.3, -0.25) is 4.79 Å². The number of carbonyl (C=O) groups excluding carboxylic acids is 2. The van der Waals surface area contributed by atoms with Crippen molar-refractivity contribution in [3.05, 3.63) is 60.2 Å². The molecule has 0 aliphatic heterocycles. The Morgan fingerprint density at radius 2 is 1.76 bits per heavy atom. The molecule has 2 aromatic rings. The monoisotopic (exact) mass is 507 g/mol. The third-order valence-corrected chi connectivity index (χ3v) is 8.92. The molecule has 0 saturated heterocycles. The highest BCUT2D eigenvalue weighted by atomic mass is 16.5. The number of hydrogen-bond donors (Lipinski definition) is 4. The molecule has 37 heavy (non-hydrogen) atoms. The lowest BCUT2D eigenvalue weighted by Gasteiger charge is -2.56. The van der Waals surface area contributed by atoms with Gasteiger partial charge in [-0.05, 0) is 66.5 Å². The van der Waals surface area contributed by atoms with Gasteiger partial charge < -0.3 is 25.8 Å². The molecule has 4 rings (SSSR count). The first-order valence-corrected chi connectivity index (χ1v) is 13.4. The number of methoxy groups -OCH3 is 1. The van der Waals surface area contributed by atoms with E-state index in [0.29, 0.717) is 18.0 Å². The summed E-state index contributed by atoms with van der Waals surface area (Å²) in [6, 6.07) is 16.8. The number of nitrogens with one attached hydrogen (secondary N) is 3. The van der Waals surface area contributed by atoms with Crippen molar-refractivity contribution in [2.24, 2.45) is 29.1 Å². The smallest absolute Gasteiger partial charge is 0.319 e. The number of amides is 3. The maximum atomic E-state index is 13.0. The van der Waals surface area contributed by atoms with E-state index in [-0.39, 0.29) is 47.1 Å². The number of benzene rings is 2. The number of aliphatic hydroxyl groups excluding tert-OH is 1. The maximum absolute atomic E-state index is 13.0. The molecule has 7 nitrogen and oxygen atoms in total. The molecule has 2 aliphatic carbocycles. The van der Waals surface area contributed by atoms with Gasteiger partial charge in [0.15, 0.2) is 0 Å². The highest BCUT2D eigenvalue weighted by Crippen LogP contribution is 2.55. The largest absolute Gasteiger partial charge is 0.495 e. The molecule has 0 aromatic heterocycles. The number of urea groups is 1. The zero-order valence-corrected chi connectivity index (χ0v) is 22.4. The van der Waals surface area contributed by atoms with Crippen LogP contribution in [0.5, 0.6) is 5.75 Å². The minimum atomic E-state index is -0.604. The van der Waals surface area contributed by atoms with Gasteiger partial charge in [0.1, 0.15) is 5.75 Å².